The lowest BCUT2D eigenvalue weighted by Gasteiger charge is -2.09. The maximum atomic E-state index is 12.2. The first kappa shape index (κ1) is 22.1. The minimum absolute atomic E-state index is 0.121. The van der Waals surface area contributed by atoms with Gasteiger partial charge in [-0.2, -0.15) is 5.26 Å². The number of nitrogens with zero attached hydrogens (tertiary/aromatic N) is 1. The van der Waals surface area contributed by atoms with Gasteiger partial charge in [-0.15, -0.1) is 0 Å². The summed E-state index contributed by atoms with van der Waals surface area (Å²) in [6.07, 6.45) is -0.214. The van der Waals surface area contributed by atoms with Gasteiger partial charge in [0.15, 0.2) is 6.61 Å². The van der Waals surface area contributed by atoms with Gasteiger partial charge >= 0.3 is 5.97 Å². The van der Waals surface area contributed by atoms with Crippen molar-refractivity contribution in [3.8, 4) is 6.07 Å². The molecule has 0 saturated carbocycles. The predicted octanol–water partition coefficient (Wildman–Crippen LogP) is 2.03. The van der Waals surface area contributed by atoms with Crippen LogP contribution in [0.2, 0.25) is 0 Å². The second kappa shape index (κ2) is 9.82. The quantitative estimate of drug-likeness (QED) is 0.636. The van der Waals surface area contributed by atoms with E-state index in [1.165, 1.54) is 6.07 Å². The van der Waals surface area contributed by atoms with E-state index in [1.807, 2.05) is 19.9 Å². The Morgan fingerprint density at radius 1 is 1.07 bits per heavy atom. The highest BCUT2D eigenvalue weighted by molar-refractivity contribution is 7.89. The first-order valence-electron chi connectivity index (χ1n) is 8.74. The third kappa shape index (κ3) is 6.71. The number of carbonyl (C=O) groups is 2. The summed E-state index contributed by atoms with van der Waals surface area (Å²) in [6.45, 7) is 3.05. The number of rotatable bonds is 8. The molecule has 0 aliphatic rings. The molecular weight excluding hydrogens is 394 g/mol. The number of nitriles is 1. The first-order chi connectivity index (χ1) is 13.7. The summed E-state index contributed by atoms with van der Waals surface area (Å²) >= 11 is 0. The standard InChI is InChI=1S/C20H21N3O5S/c1-14-3-8-18(11-15(14)2)29(26,27)22-10-9-20(25)28-13-19(24)23-17-6-4-16(12-21)5-7-17/h3-8,11,22H,9-10,13H2,1-2H3,(H,23,24). The third-order valence-electron chi connectivity index (χ3n) is 4.07. The van der Waals surface area contributed by atoms with Crippen molar-refractivity contribution in [3.05, 3.63) is 59.2 Å². The molecule has 1 amide bonds. The summed E-state index contributed by atoms with van der Waals surface area (Å²) in [5, 5.41) is 11.3. The molecule has 0 radical (unpaired) electrons. The van der Waals surface area contributed by atoms with Crippen molar-refractivity contribution in [2.75, 3.05) is 18.5 Å². The van der Waals surface area contributed by atoms with Gasteiger partial charge in [-0.25, -0.2) is 13.1 Å². The normalized spacial score (nSPS) is 10.8. The summed E-state index contributed by atoms with van der Waals surface area (Å²) < 4.78 is 31.7. The molecule has 0 bridgehead atoms. The van der Waals surface area contributed by atoms with Crippen LogP contribution in [0.4, 0.5) is 5.69 Å². The van der Waals surface area contributed by atoms with Crippen LogP contribution in [-0.4, -0.2) is 33.4 Å². The molecule has 2 N–H and O–H groups in total. The summed E-state index contributed by atoms with van der Waals surface area (Å²) in [7, 11) is -3.73. The van der Waals surface area contributed by atoms with Crippen molar-refractivity contribution < 1.29 is 22.7 Å². The lowest BCUT2D eigenvalue weighted by molar-refractivity contribution is -0.147. The summed E-state index contributed by atoms with van der Waals surface area (Å²) in [5.74, 6) is -1.25. The molecule has 0 aromatic heterocycles. The van der Waals surface area contributed by atoms with E-state index in [0.29, 0.717) is 11.3 Å². The van der Waals surface area contributed by atoms with Gasteiger partial charge in [0, 0.05) is 12.2 Å². The lowest BCUT2D eigenvalue weighted by atomic mass is 10.1. The van der Waals surface area contributed by atoms with Crippen molar-refractivity contribution in [3.63, 3.8) is 0 Å². The predicted molar refractivity (Wildman–Crippen MR) is 106 cm³/mol. The molecule has 0 fully saturated rings. The topological polar surface area (TPSA) is 125 Å². The Morgan fingerprint density at radius 3 is 2.38 bits per heavy atom. The van der Waals surface area contributed by atoms with Crippen LogP contribution in [0.5, 0.6) is 0 Å². The Labute approximate surface area is 169 Å². The van der Waals surface area contributed by atoms with Crippen molar-refractivity contribution >= 4 is 27.6 Å². The highest BCUT2D eigenvalue weighted by Crippen LogP contribution is 2.14. The fraction of sp³-hybridized carbons (Fsp3) is 0.250. The molecule has 2 aromatic carbocycles. The van der Waals surface area contributed by atoms with Crippen LogP contribution < -0.4 is 10.0 Å². The molecule has 2 rings (SSSR count). The van der Waals surface area contributed by atoms with Crippen LogP contribution in [-0.2, 0) is 24.3 Å². The van der Waals surface area contributed by atoms with E-state index >= 15 is 0 Å². The van der Waals surface area contributed by atoms with Gasteiger partial charge in [-0.1, -0.05) is 6.07 Å². The number of nitrogens with one attached hydrogen (secondary N) is 2. The van der Waals surface area contributed by atoms with E-state index in [4.69, 9.17) is 10.00 Å². The van der Waals surface area contributed by atoms with Crippen molar-refractivity contribution in [2.45, 2.75) is 25.2 Å². The number of esters is 1. The zero-order chi connectivity index (χ0) is 21.4. The molecule has 0 spiro atoms. The largest absolute Gasteiger partial charge is 0.456 e. The number of aryl methyl sites for hydroxylation is 2. The van der Waals surface area contributed by atoms with Gasteiger partial charge in [-0.3, -0.25) is 9.59 Å². The minimum Gasteiger partial charge on any atom is -0.456 e. The molecule has 0 saturated heterocycles. The van der Waals surface area contributed by atoms with Crippen LogP contribution in [0.3, 0.4) is 0 Å². The number of anilines is 1. The number of hydrogen-bond acceptors (Lipinski definition) is 6. The maximum absolute atomic E-state index is 12.2. The van der Waals surface area contributed by atoms with E-state index in [-0.39, 0.29) is 17.9 Å². The highest BCUT2D eigenvalue weighted by atomic mass is 32.2. The second-order valence-electron chi connectivity index (χ2n) is 6.29. The average molecular weight is 415 g/mol. The number of sulfonamides is 1. The molecule has 0 unspecified atom stereocenters. The Kier molecular flexibility index (Phi) is 7.47. The van der Waals surface area contributed by atoms with Gasteiger partial charge < -0.3 is 10.1 Å². The fourth-order valence-electron chi connectivity index (χ4n) is 2.30. The Balaban J connectivity index is 1.75. The number of hydrogen-bond donors (Lipinski definition) is 2. The van der Waals surface area contributed by atoms with E-state index in [2.05, 4.69) is 10.0 Å². The molecule has 8 nitrogen and oxygen atoms in total. The number of amides is 1. The third-order valence-corrected chi connectivity index (χ3v) is 5.53. The summed E-state index contributed by atoms with van der Waals surface area (Å²) in [5.41, 5.74) is 2.75. The number of ether oxygens (including phenoxy) is 1. The van der Waals surface area contributed by atoms with Gasteiger partial charge in [0.25, 0.3) is 5.91 Å². The van der Waals surface area contributed by atoms with E-state index in [1.54, 1.807) is 36.4 Å². The molecule has 0 atom stereocenters. The number of carbonyl (C=O) groups excluding carboxylic acids is 2. The van der Waals surface area contributed by atoms with Gasteiger partial charge in [0.05, 0.1) is 22.9 Å². The monoisotopic (exact) mass is 415 g/mol. The summed E-state index contributed by atoms with van der Waals surface area (Å²) in [4.78, 5) is 23.6. The molecule has 0 aliphatic carbocycles. The van der Waals surface area contributed by atoms with Crippen molar-refractivity contribution in [2.24, 2.45) is 0 Å². The zero-order valence-corrected chi connectivity index (χ0v) is 16.9. The second-order valence-corrected chi connectivity index (χ2v) is 8.06. The molecule has 0 heterocycles. The van der Waals surface area contributed by atoms with Crippen LogP contribution in [0.1, 0.15) is 23.1 Å². The van der Waals surface area contributed by atoms with E-state index < -0.39 is 28.5 Å². The highest BCUT2D eigenvalue weighted by Gasteiger charge is 2.15. The van der Waals surface area contributed by atoms with Gasteiger partial charge in [0.2, 0.25) is 10.0 Å². The zero-order valence-electron chi connectivity index (χ0n) is 16.1. The molecule has 0 aliphatic heterocycles. The molecular formula is C20H21N3O5S. The molecule has 29 heavy (non-hydrogen) atoms. The Hall–Kier alpha value is -3.22. The van der Waals surface area contributed by atoms with Crippen LogP contribution in [0.25, 0.3) is 0 Å². The first-order valence-corrected chi connectivity index (χ1v) is 10.2. The van der Waals surface area contributed by atoms with E-state index in [0.717, 1.165) is 11.1 Å². The molecule has 152 valence electrons. The van der Waals surface area contributed by atoms with E-state index in [9.17, 15) is 18.0 Å². The Morgan fingerprint density at radius 2 is 1.76 bits per heavy atom. The van der Waals surface area contributed by atoms with Crippen LogP contribution in [0, 0.1) is 25.2 Å². The fourth-order valence-corrected chi connectivity index (χ4v) is 3.41. The van der Waals surface area contributed by atoms with Crippen molar-refractivity contribution in [1.29, 1.82) is 5.26 Å². The summed E-state index contributed by atoms with van der Waals surface area (Å²) in [6, 6.07) is 12.9. The lowest BCUT2D eigenvalue weighted by Crippen LogP contribution is -2.28. The van der Waals surface area contributed by atoms with Gasteiger partial charge in [-0.05, 0) is 61.4 Å². The van der Waals surface area contributed by atoms with Crippen LogP contribution in [0.15, 0.2) is 47.4 Å². The molecule has 2 aromatic rings. The maximum Gasteiger partial charge on any atom is 0.307 e. The van der Waals surface area contributed by atoms with Crippen LogP contribution >= 0.6 is 0 Å². The SMILES string of the molecule is Cc1ccc(S(=O)(=O)NCCC(=O)OCC(=O)Nc2ccc(C#N)cc2)cc1C. The average Bonchev–Trinajstić information content (AvgIpc) is 2.69. The number of benzene rings is 2. The van der Waals surface area contributed by atoms with Crippen molar-refractivity contribution in [1.82, 2.24) is 4.72 Å². The van der Waals surface area contributed by atoms with Gasteiger partial charge in [0.1, 0.15) is 0 Å². The minimum atomic E-state index is -3.73. The smallest absolute Gasteiger partial charge is 0.307 e. The molecule has 9 heteroatoms. The Bertz CT molecular complexity index is 1040.